The Bertz CT molecular complexity index is 560. The molecule has 6 heteroatoms. The Morgan fingerprint density at radius 1 is 1.30 bits per heavy atom. The minimum Gasteiger partial charge on any atom is -0.490 e. The van der Waals surface area contributed by atoms with E-state index in [0.717, 1.165) is 35.7 Å². The van der Waals surface area contributed by atoms with Gasteiger partial charge in [0.1, 0.15) is 0 Å². The first-order valence-corrected chi connectivity index (χ1v) is 7.52. The Hall–Kier alpha value is -1.66. The van der Waals surface area contributed by atoms with Crippen molar-refractivity contribution in [1.82, 2.24) is 14.1 Å². The van der Waals surface area contributed by atoms with Gasteiger partial charge in [-0.3, -0.25) is 0 Å². The molecule has 20 heavy (non-hydrogen) atoms. The molecule has 3 rings (SSSR count). The van der Waals surface area contributed by atoms with Crippen molar-refractivity contribution < 1.29 is 9.47 Å². The number of rotatable bonds is 4. The quantitative estimate of drug-likeness (QED) is 0.937. The van der Waals surface area contributed by atoms with Crippen LogP contribution in [0.15, 0.2) is 24.4 Å². The second kappa shape index (κ2) is 6.19. The van der Waals surface area contributed by atoms with Crippen molar-refractivity contribution in [3.05, 3.63) is 35.7 Å². The van der Waals surface area contributed by atoms with E-state index in [1.807, 2.05) is 12.1 Å². The highest BCUT2D eigenvalue weighted by Crippen LogP contribution is 2.33. The van der Waals surface area contributed by atoms with Crippen LogP contribution in [0.1, 0.15) is 30.6 Å². The zero-order valence-electron chi connectivity index (χ0n) is 11.3. The molecule has 1 aliphatic rings. The summed E-state index contributed by atoms with van der Waals surface area (Å²) < 4.78 is 19.8. The zero-order chi connectivity index (χ0) is 13.8. The summed E-state index contributed by atoms with van der Waals surface area (Å²) in [5.74, 6) is 1.63. The lowest BCUT2D eigenvalue weighted by molar-refractivity contribution is 0.297. The molecule has 0 bridgehead atoms. The molecule has 0 amide bonds. The lowest BCUT2D eigenvalue weighted by atomic mass is 10.0. The molecule has 5 nitrogen and oxygen atoms in total. The van der Waals surface area contributed by atoms with Crippen molar-refractivity contribution in [3.8, 4) is 11.5 Å². The van der Waals surface area contributed by atoms with Crippen molar-refractivity contribution >= 4 is 11.7 Å². The van der Waals surface area contributed by atoms with Crippen LogP contribution in [0.5, 0.6) is 11.5 Å². The summed E-state index contributed by atoms with van der Waals surface area (Å²) in [6.45, 7) is 4.34. The molecule has 0 saturated heterocycles. The van der Waals surface area contributed by atoms with Crippen LogP contribution in [0.4, 0.5) is 0 Å². The van der Waals surface area contributed by atoms with Gasteiger partial charge in [0.15, 0.2) is 11.5 Å². The fourth-order valence-corrected chi connectivity index (χ4v) is 2.70. The van der Waals surface area contributed by atoms with Crippen LogP contribution >= 0.6 is 11.7 Å². The van der Waals surface area contributed by atoms with Crippen LogP contribution in [-0.4, -0.2) is 28.5 Å². The first-order chi connectivity index (χ1) is 9.88. The molecule has 106 valence electrons. The Balaban J connectivity index is 1.93. The number of nitrogens with one attached hydrogen (secondary N) is 1. The second-order valence-corrected chi connectivity index (χ2v) is 5.14. The van der Waals surface area contributed by atoms with E-state index < -0.39 is 0 Å². The highest BCUT2D eigenvalue weighted by Gasteiger charge is 2.19. The SMILES string of the molecule is CCNC(c1ccc2c(c1)OCCCO2)c1cnsn1. The molecule has 2 heterocycles. The van der Waals surface area contributed by atoms with Gasteiger partial charge in [0.2, 0.25) is 0 Å². The number of hydrogen-bond acceptors (Lipinski definition) is 6. The number of ether oxygens (including phenoxy) is 2. The number of benzene rings is 1. The van der Waals surface area contributed by atoms with Gasteiger partial charge in [-0.25, -0.2) is 0 Å². The maximum atomic E-state index is 5.75. The summed E-state index contributed by atoms with van der Waals surface area (Å²) in [7, 11) is 0. The number of aromatic nitrogens is 2. The molecular weight excluding hydrogens is 274 g/mol. The lowest BCUT2D eigenvalue weighted by Crippen LogP contribution is -2.22. The van der Waals surface area contributed by atoms with Crippen LogP contribution in [0.2, 0.25) is 0 Å². The summed E-state index contributed by atoms with van der Waals surface area (Å²) >= 11 is 1.22. The Kier molecular flexibility index (Phi) is 4.13. The average molecular weight is 291 g/mol. The van der Waals surface area contributed by atoms with Gasteiger partial charge in [0.05, 0.1) is 42.9 Å². The molecule has 1 aliphatic heterocycles. The lowest BCUT2D eigenvalue weighted by Gasteiger charge is -2.17. The molecular formula is C14H17N3O2S. The van der Waals surface area contributed by atoms with Gasteiger partial charge >= 0.3 is 0 Å². The average Bonchev–Trinajstić information content (AvgIpc) is 2.89. The summed E-state index contributed by atoms with van der Waals surface area (Å²) in [6, 6.07) is 6.10. The third-order valence-electron chi connectivity index (χ3n) is 3.19. The third-order valence-corrected chi connectivity index (χ3v) is 3.68. The molecule has 2 aromatic rings. The van der Waals surface area contributed by atoms with Crippen LogP contribution in [0.3, 0.4) is 0 Å². The Labute approximate surface area is 122 Å². The highest BCUT2D eigenvalue weighted by molar-refractivity contribution is 6.99. The first-order valence-electron chi connectivity index (χ1n) is 6.79. The van der Waals surface area contributed by atoms with Gasteiger partial charge in [0, 0.05) is 6.42 Å². The summed E-state index contributed by atoms with van der Waals surface area (Å²) in [6.07, 6.45) is 2.72. The minimum atomic E-state index is 0.0379. The predicted molar refractivity (Wildman–Crippen MR) is 77.5 cm³/mol. The van der Waals surface area contributed by atoms with Crippen molar-refractivity contribution in [3.63, 3.8) is 0 Å². The van der Waals surface area contributed by atoms with Crippen LogP contribution in [0.25, 0.3) is 0 Å². The summed E-state index contributed by atoms with van der Waals surface area (Å²) in [5.41, 5.74) is 2.05. The Morgan fingerprint density at radius 3 is 2.90 bits per heavy atom. The van der Waals surface area contributed by atoms with E-state index in [-0.39, 0.29) is 6.04 Å². The van der Waals surface area contributed by atoms with Crippen LogP contribution in [0, 0.1) is 0 Å². The molecule has 1 aromatic carbocycles. The molecule has 1 unspecified atom stereocenters. The fourth-order valence-electron chi connectivity index (χ4n) is 2.26. The monoisotopic (exact) mass is 291 g/mol. The standard InChI is InChI=1S/C14H17N3O2S/c1-2-15-14(11-9-16-20-17-11)10-4-5-12-13(8-10)19-7-3-6-18-12/h4-5,8-9,14-15H,2-3,6-7H2,1H3. The van der Waals surface area contributed by atoms with Gasteiger partial charge in [-0.15, -0.1) is 0 Å². The molecule has 1 atom stereocenters. The molecule has 0 radical (unpaired) electrons. The normalized spacial score (nSPS) is 15.7. The highest BCUT2D eigenvalue weighted by atomic mass is 32.1. The minimum absolute atomic E-state index is 0.0379. The van der Waals surface area contributed by atoms with E-state index in [2.05, 4.69) is 27.1 Å². The summed E-state index contributed by atoms with van der Waals surface area (Å²) in [4.78, 5) is 0. The van der Waals surface area contributed by atoms with E-state index in [1.165, 1.54) is 11.7 Å². The number of hydrogen-bond donors (Lipinski definition) is 1. The summed E-state index contributed by atoms with van der Waals surface area (Å²) in [5, 5.41) is 3.43. The second-order valence-electron chi connectivity index (χ2n) is 4.58. The van der Waals surface area contributed by atoms with E-state index >= 15 is 0 Å². The smallest absolute Gasteiger partial charge is 0.161 e. The van der Waals surface area contributed by atoms with Crippen molar-refractivity contribution in [2.45, 2.75) is 19.4 Å². The van der Waals surface area contributed by atoms with Crippen molar-refractivity contribution in [2.75, 3.05) is 19.8 Å². The van der Waals surface area contributed by atoms with Crippen molar-refractivity contribution in [2.24, 2.45) is 0 Å². The number of nitrogens with zero attached hydrogens (tertiary/aromatic N) is 2. The first kappa shape index (κ1) is 13.3. The predicted octanol–water partition coefficient (Wildman–Crippen LogP) is 2.40. The largest absolute Gasteiger partial charge is 0.490 e. The topological polar surface area (TPSA) is 56.3 Å². The molecule has 1 N–H and O–H groups in total. The van der Waals surface area contributed by atoms with Gasteiger partial charge in [-0.1, -0.05) is 13.0 Å². The van der Waals surface area contributed by atoms with Crippen molar-refractivity contribution in [1.29, 1.82) is 0 Å². The molecule has 0 spiro atoms. The molecule has 0 aliphatic carbocycles. The maximum Gasteiger partial charge on any atom is 0.161 e. The van der Waals surface area contributed by atoms with E-state index in [9.17, 15) is 0 Å². The Morgan fingerprint density at radius 2 is 2.15 bits per heavy atom. The van der Waals surface area contributed by atoms with Crippen LogP contribution in [-0.2, 0) is 0 Å². The van der Waals surface area contributed by atoms with Gasteiger partial charge < -0.3 is 14.8 Å². The van der Waals surface area contributed by atoms with E-state index in [1.54, 1.807) is 6.20 Å². The van der Waals surface area contributed by atoms with Gasteiger partial charge in [-0.05, 0) is 24.2 Å². The van der Waals surface area contributed by atoms with Gasteiger partial charge in [0.25, 0.3) is 0 Å². The van der Waals surface area contributed by atoms with E-state index in [0.29, 0.717) is 13.2 Å². The van der Waals surface area contributed by atoms with Crippen LogP contribution < -0.4 is 14.8 Å². The zero-order valence-corrected chi connectivity index (χ0v) is 12.2. The fraction of sp³-hybridized carbons (Fsp3) is 0.429. The molecule has 0 saturated carbocycles. The van der Waals surface area contributed by atoms with Gasteiger partial charge in [-0.2, -0.15) is 8.75 Å². The maximum absolute atomic E-state index is 5.75. The molecule has 1 aromatic heterocycles. The molecule has 0 fully saturated rings. The van der Waals surface area contributed by atoms with E-state index in [4.69, 9.17) is 9.47 Å². The number of fused-ring (bicyclic) bond motifs is 1. The third kappa shape index (κ3) is 2.76.